The molecule has 1 aliphatic rings. The molecule has 0 aromatic carbocycles. The molecule has 1 fully saturated rings. The molecular formula is C16H20N6O3. The van der Waals surface area contributed by atoms with Gasteiger partial charge in [-0.2, -0.15) is 4.98 Å². The van der Waals surface area contributed by atoms with Gasteiger partial charge in [-0.3, -0.25) is 18.6 Å². The first-order valence-corrected chi connectivity index (χ1v) is 8.38. The number of aryl methyl sites for hydroxylation is 2. The Hall–Kier alpha value is -2.84. The highest BCUT2D eigenvalue weighted by Crippen LogP contribution is 2.32. The Morgan fingerprint density at radius 3 is 2.64 bits per heavy atom. The van der Waals surface area contributed by atoms with Crippen LogP contribution in [0.4, 0.5) is 0 Å². The molecule has 9 nitrogen and oxygen atoms in total. The maximum Gasteiger partial charge on any atom is 0.332 e. The summed E-state index contributed by atoms with van der Waals surface area (Å²) in [6.07, 6.45) is 6.39. The summed E-state index contributed by atoms with van der Waals surface area (Å²) in [6, 6.07) is 0.360. The second-order valence-corrected chi connectivity index (χ2v) is 6.73. The number of aromatic nitrogens is 5. The predicted octanol–water partition coefficient (Wildman–Crippen LogP) is 0.0582. The van der Waals surface area contributed by atoms with Crippen molar-refractivity contribution in [3.63, 3.8) is 0 Å². The number of carbonyl (C=O) groups excluding carboxylic acids is 1. The van der Waals surface area contributed by atoms with Gasteiger partial charge in [0.2, 0.25) is 11.7 Å². The van der Waals surface area contributed by atoms with Crippen LogP contribution in [0.3, 0.4) is 0 Å². The highest BCUT2D eigenvalue weighted by atomic mass is 16.2. The van der Waals surface area contributed by atoms with Gasteiger partial charge >= 0.3 is 5.69 Å². The van der Waals surface area contributed by atoms with Crippen LogP contribution in [0.2, 0.25) is 0 Å². The normalized spacial score (nSPS) is 15.6. The molecule has 0 bridgehead atoms. The van der Waals surface area contributed by atoms with Crippen LogP contribution in [0.1, 0.15) is 37.4 Å². The van der Waals surface area contributed by atoms with E-state index in [0.717, 1.165) is 23.1 Å². The van der Waals surface area contributed by atoms with Crippen molar-refractivity contribution in [3.8, 4) is 0 Å². The second-order valence-electron chi connectivity index (χ2n) is 6.73. The lowest BCUT2D eigenvalue weighted by Gasteiger charge is -2.13. The third kappa shape index (κ3) is 2.15. The number of rotatable bonds is 3. The number of hydrogen-bond acceptors (Lipinski definition) is 4. The number of nitrogens with two attached hydrogens (primary N) is 1. The minimum atomic E-state index is -0.737. The van der Waals surface area contributed by atoms with Gasteiger partial charge < -0.3 is 10.3 Å². The third-order valence-corrected chi connectivity index (χ3v) is 5.07. The fourth-order valence-electron chi connectivity index (χ4n) is 3.94. The molecule has 2 N–H and O–H groups in total. The van der Waals surface area contributed by atoms with Crippen LogP contribution in [0.5, 0.6) is 0 Å². The Balaban J connectivity index is 2.09. The molecule has 1 aliphatic carbocycles. The fraction of sp³-hybridized carbons (Fsp3) is 0.500. The van der Waals surface area contributed by atoms with Crippen LogP contribution >= 0.6 is 0 Å². The molecular weight excluding hydrogens is 324 g/mol. The van der Waals surface area contributed by atoms with E-state index in [9.17, 15) is 14.4 Å². The molecule has 0 unspecified atom stereocenters. The van der Waals surface area contributed by atoms with Crippen LogP contribution in [0.25, 0.3) is 16.9 Å². The monoisotopic (exact) mass is 344 g/mol. The van der Waals surface area contributed by atoms with E-state index in [1.807, 2.05) is 13.1 Å². The van der Waals surface area contributed by atoms with Gasteiger partial charge in [0.1, 0.15) is 6.54 Å². The Morgan fingerprint density at radius 1 is 1.32 bits per heavy atom. The first-order valence-electron chi connectivity index (χ1n) is 8.38. The number of amides is 1. The van der Waals surface area contributed by atoms with E-state index in [1.54, 1.807) is 11.4 Å². The van der Waals surface area contributed by atoms with Crippen molar-refractivity contribution in [3.05, 3.63) is 32.7 Å². The molecule has 3 heterocycles. The number of fused-ring (bicyclic) bond motifs is 3. The van der Waals surface area contributed by atoms with Crippen molar-refractivity contribution >= 4 is 22.8 Å². The lowest BCUT2D eigenvalue weighted by molar-refractivity contribution is -0.118. The minimum Gasteiger partial charge on any atom is -0.368 e. The van der Waals surface area contributed by atoms with Crippen molar-refractivity contribution in [2.45, 2.75) is 45.2 Å². The Morgan fingerprint density at radius 2 is 2.00 bits per heavy atom. The topological polar surface area (TPSA) is 109 Å². The van der Waals surface area contributed by atoms with Crippen molar-refractivity contribution in [2.75, 3.05) is 0 Å². The lowest BCUT2D eigenvalue weighted by atomic mass is 10.2. The van der Waals surface area contributed by atoms with Crippen molar-refractivity contribution in [2.24, 2.45) is 12.8 Å². The van der Waals surface area contributed by atoms with Crippen LogP contribution in [-0.4, -0.2) is 29.0 Å². The highest BCUT2D eigenvalue weighted by molar-refractivity contribution is 5.77. The van der Waals surface area contributed by atoms with Crippen molar-refractivity contribution in [1.29, 1.82) is 0 Å². The molecule has 1 amide bonds. The Labute approximate surface area is 142 Å². The first-order chi connectivity index (χ1) is 11.9. The van der Waals surface area contributed by atoms with Gasteiger partial charge in [0.25, 0.3) is 5.56 Å². The highest BCUT2D eigenvalue weighted by Gasteiger charge is 2.25. The molecule has 3 aromatic heterocycles. The van der Waals surface area contributed by atoms with Crippen molar-refractivity contribution < 1.29 is 4.79 Å². The van der Waals surface area contributed by atoms with Crippen LogP contribution in [-0.2, 0) is 18.4 Å². The molecule has 0 spiro atoms. The molecule has 0 aliphatic heterocycles. The summed E-state index contributed by atoms with van der Waals surface area (Å²) in [5, 5.41) is 0. The fourth-order valence-corrected chi connectivity index (χ4v) is 3.94. The standard InChI is InChI=1S/C16H20N6O3/c1-9-7-20-12-13(18-15(20)22(9)10-5-3-4-6-10)19(2)16(25)21(14(12)24)8-11(17)23/h7,10H,3-6,8H2,1-2H3,(H2,17,23). The predicted molar refractivity (Wildman–Crippen MR) is 91.6 cm³/mol. The summed E-state index contributed by atoms with van der Waals surface area (Å²) in [6.45, 7) is 1.54. The van der Waals surface area contributed by atoms with E-state index in [1.165, 1.54) is 17.4 Å². The number of carbonyl (C=O) groups is 1. The van der Waals surface area contributed by atoms with Crippen LogP contribution in [0.15, 0.2) is 15.8 Å². The minimum absolute atomic E-state index is 0.290. The largest absolute Gasteiger partial charge is 0.368 e. The first kappa shape index (κ1) is 15.7. The smallest absolute Gasteiger partial charge is 0.332 e. The van der Waals surface area contributed by atoms with E-state index in [0.29, 0.717) is 17.5 Å². The summed E-state index contributed by atoms with van der Waals surface area (Å²) in [5.74, 6) is -0.0812. The van der Waals surface area contributed by atoms with E-state index in [2.05, 4.69) is 9.55 Å². The number of primary amides is 1. The Bertz CT molecular complexity index is 1120. The summed E-state index contributed by atoms with van der Waals surface area (Å²) < 4.78 is 6.03. The number of nitrogens with zero attached hydrogens (tertiary/aromatic N) is 5. The summed E-state index contributed by atoms with van der Waals surface area (Å²) in [5.41, 5.74) is 5.66. The van der Waals surface area contributed by atoms with Gasteiger partial charge in [0.05, 0.1) is 0 Å². The van der Waals surface area contributed by atoms with Gasteiger partial charge in [0.15, 0.2) is 11.2 Å². The maximum absolute atomic E-state index is 12.8. The average molecular weight is 344 g/mol. The summed E-state index contributed by atoms with van der Waals surface area (Å²) in [4.78, 5) is 41.1. The zero-order valence-corrected chi connectivity index (χ0v) is 14.2. The molecule has 0 radical (unpaired) electrons. The zero-order valence-electron chi connectivity index (χ0n) is 14.2. The number of imidazole rings is 2. The van der Waals surface area contributed by atoms with Gasteiger partial charge in [-0.05, 0) is 19.8 Å². The summed E-state index contributed by atoms with van der Waals surface area (Å²) >= 11 is 0. The van der Waals surface area contributed by atoms with E-state index >= 15 is 0 Å². The van der Waals surface area contributed by atoms with E-state index in [-0.39, 0.29) is 5.52 Å². The number of hydrogen-bond donors (Lipinski definition) is 1. The van der Waals surface area contributed by atoms with Gasteiger partial charge in [0, 0.05) is 25.0 Å². The van der Waals surface area contributed by atoms with Gasteiger partial charge in [-0.25, -0.2) is 9.36 Å². The molecule has 132 valence electrons. The van der Waals surface area contributed by atoms with Crippen LogP contribution in [0, 0.1) is 6.92 Å². The van der Waals surface area contributed by atoms with Crippen LogP contribution < -0.4 is 17.0 Å². The van der Waals surface area contributed by atoms with Crippen molar-refractivity contribution in [1.82, 2.24) is 23.1 Å². The van der Waals surface area contributed by atoms with Gasteiger partial charge in [-0.15, -0.1) is 0 Å². The molecule has 3 aromatic rings. The zero-order chi connectivity index (χ0) is 17.9. The quantitative estimate of drug-likeness (QED) is 0.724. The molecule has 4 rings (SSSR count). The molecule has 1 saturated carbocycles. The average Bonchev–Trinajstić information content (AvgIpc) is 3.24. The second kappa shape index (κ2) is 5.33. The molecule has 25 heavy (non-hydrogen) atoms. The SMILES string of the molecule is Cc1cn2c3c(=O)n(CC(N)=O)c(=O)n(C)c3nc2n1C1CCCC1. The Kier molecular flexibility index (Phi) is 3.34. The van der Waals surface area contributed by atoms with E-state index in [4.69, 9.17) is 5.73 Å². The third-order valence-electron chi connectivity index (χ3n) is 5.07. The molecule has 9 heteroatoms. The molecule has 0 atom stereocenters. The summed E-state index contributed by atoms with van der Waals surface area (Å²) in [7, 11) is 1.54. The lowest BCUT2D eigenvalue weighted by Crippen LogP contribution is -2.42. The maximum atomic E-state index is 12.8. The molecule has 0 saturated heterocycles. The van der Waals surface area contributed by atoms with E-state index < -0.39 is 23.7 Å². The van der Waals surface area contributed by atoms with Gasteiger partial charge in [-0.1, -0.05) is 12.8 Å².